The van der Waals surface area contributed by atoms with Gasteiger partial charge in [-0.2, -0.15) is 0 Å². The summed E-state index contributed by atoms with van der Waals surface area (Å²) in [5.74, 6) is -0.421. The number of carbonyl (C=O) groups excluding carboxylic acids is 2. The molecule has 0 aromatic carbocycles. The van der Waals surface area contributed by atoms with Gasteiger partial charge < -0.3 is 18.4 Å². The van der Waals surface area contributed by atoms with Gasteiger partial charge in [-0.05, 0) is 69.4 Å². The fourth-order valence-corrected chi connectivity index (χ4v) is 7.39. The molecule has 0 aliphatic carbocycles. The van der Waals surface area contributed by atoms with Gasteiger partial charge in [0.15, 0.2) is 6.10 Å². The van der Waals surface area contributed by atoms with Crippen molar-refractivity contribution in [1.29, 1.82) is 0 Å². The Morgan fingerprint density at radius 1 is 0.745 bits per heavy atom. The van der Waals surface area contributed by atoms with Crippen LogP contribution < -0.4 is 0 Å². The standard InChI is InChI=1S/C45H77BF2N3O4/c1-7-8-9-10-11-12-13-14-15-18-21-24-27-30-44(52)54-37-42(36-51(4,5)6)55-45(53)31-28-25-22-19-16-17-20-23-26-29-40-32-33-41(50(40)46(47)48)35-43-38(2)34-39(3)49-43/h32-35,42H,7-31,36-37H2,1-6H3/q+1/b43-35+. The zero-order valence-corrected chi connectivity index (χ0v) is 35.8. The number of halogens is 2. The van der Waals surface area contributed by atoms with Crippen molar-refractivity contribution in [1.82, 2.24) is 4.48 Å². The molecule has 0 radical (unpaired) electrons. The number of allylic oxidation sites excluding steroid dienone is 2. The molecule has 0 spiro atoms. The number of carbonyl (C=O) groups is 2. The number of quaternary nitrogens is 1. The number of aryl methyl sites for hydroxylation is 1. The molecule has 10 heteroatoms. The van der Waals surface area contributed by atoms with Crippen molar-refractivity contribution in [2.45, 2.75) is 187 Å². The zero-order valence-electron chi connectivity index (χ0n) is 35.8. The van der Waals surface area contributed by atoms with Crippen molar-refractivity contribution in [3.63, 3.8) is 0 Å². The molecule has 1 atom stereocenters. The van der Waals surface area contributed by atoms with E-state index in [0.29, 0.717) is 41.7 Å². The van der Waals surface area contributed by atoms with Gasteiger partial charge in [0, 0.05) is 29.9 Å². The Kier molecular flexibility index (Phi) is 25.2. The number of aliphatic imine (C=N–C) groups is 1. The van der Waals surface area contributed by atoms with Gasteiger partial charge in [-0.3, -0.25) is 23.2 Å². The molecule has 0 saturated heterocycles. The van der Waals surface area contributed by atoms with Crippen LogP contribution in [0.2, 0.25) is 0 Å². The summed E-state index contributed by atoms with van der Waals surface area (Å²) in [4.78, 5) is 29.6. The van der Waals surface area contributed by atoms with E-state index in [1.807, 2.05) is 47.1 Å². The maximum Gasteiger partial charge on any atom is 0.677 e. The number of ether oxygens (including phenoxy) is 2. The Balaban J connectivity index is 1.51. The molecule has 1 unspecified atom stereocenters. The fourth-order valence-electron chi connectivity index (χ4n) is 7.39. The van der Waals surface area contributed by atoms with E-state index >= 15 is 0 Å². The lowest BCUT2D eigenvalue weighted by atomic mass is 10.0. The molecule has 2 heterocycles. The SMILES string of the molecule is CCCCCCCCCCCCCCCC(=O)OCC(C[N+](C)(C)C)OC(=O)CCCCCCCCCCCc1ccc(/C=C2/N=C(C)C=C2C)n1B(F)F. The van der Waals surface area contributed by atoms with E-state index < -0.39 is 13.5 Å². The lowest BCUT2D eigenvalue weighted by Gasteiger charge is -2.28. The Bertz CT molecular complexity index is 1320. The van der Waals surface area contributed by atoms with E-state index in [-0.39, 0.29) is 18.5 Å². The van der Waals surface area contributed by atoms with E-state index in [2.05, 4.69) is 11.9 Å². The molecule has 0 N–H and O–H groups in total. The number of unbranched alkanes of at least 4 members (excludes halogenated alkanes) is 20. The lowest BCUT2D eigenvalue weighted by Crippen LogP contribution is -2.45. The molecule has 2 rings (SSSR count). The Labute approximate surface area is 334 Å². The van der Waals surface area contributed by atoms with E-state index in [4.69, 9.17) is 9.47 Å². The van der Waals surface area contributed by atoms with Crippen LogP contribution in [0.15, 0.2) is 34.5 Å². The van der Waals surface area contributed by atoms with Crippen molar-refractivity contribution >= 4 is 31.1 Å². The van der Waals surface area contributed by atoms with E-state index in [0.717, 1.165) is 92.1 Å². The molecule has 55 heavy (non-hydrogen) atoms. The number of hydrogen-bond acceptors (Lipinski definition) is 5. The van der Waals surface area contributed by atoms with Gasteiger partial charge in [0.05, 0.1) is 26.8 Å². The Hall–Kier alpha value is -2.75. The minimum atomic E-state index is -2.58. The van der Waals surface area contributed by atoms with Crippen LogP contribution in [-0.4, -0.2) is 74.4 Å². The molecular formula is C45H77BF2N3O4+. The first-order chi connectivity index (χ1) is 26.4. The van der Waals surface area contributed by atoms with Crippen LogP contribution in [-0.2, 0) is 25.5 Å². The highest BCUT2D eigenvalue weighted by molar-refractivity contribution is 6.41. The van der Waals surface area contributed by atoms with Crippen LogP contribution >= 0.6 is 0 Å². The van der Waals surface area contributed by atoms with Crippen LogP contribution in [0, 0.1) is 0 Å². The highest BCUT2D eigenvalue weighted by Gasteiger charge is 2.25. The van der Waals surface area contributed by atoms with Crippen LogP contribution in [0.4, 0.5) is 8.63 Å². The van der Waals surface area contributed by atoms with Crippen molar-refractivity contribution in [2.75, 3.05) is 34.3 Å². The molecule has 0 fully saturated rings. The monoisotopic (exact) mass is 773 g/mol. The molecule has 312 valence electrons. The summed E-state index contributed by atoms with van der Waals surface area (Å²) in [6, 6.07) is 3.59. The van der Waals surface area contributed by atoms with E-state index in [9.17, 15) is 18.2 Å². The average molecular weight is 773 g/mol. The minimum absolute atomic E-state index is 0.115. The van der Waals surface area contributed by atoms with Crippen LogP contribution in [0.5, 0.6) is 0 Å². The number of rotatable bonds is 33. The molecule has 1 aliphatic heterocycles. The molecular weight excluding hydrogens is 695 g/mol. The second kappa shape index (κ2) is 28.6. The molecule has 1 aromatic rings. The Morgan fingerprint density at radius 2 is 1.24 bits per heavy atom. The van der Waals surface area contributed by atoms with Gasteiger partial charge in [0.25, 0.3) is 0 Å². The van der Waals surface area contributed by atoms with Crippen molar-refractivity contribution in [2.24, 2.45) is 4.99 Å². The first kappa shape index (κ1) is 48.4. The number of nitrogens with zero attached hydrogens (tertiary/aromatic N) is 3. The minimum Gasteiger partial charge on any atom is -0.461 e. The summed E-state index contributed by atoms with van der Waals surface area (Å²) >= 11 is 0. The number of aromatic nitrogens is 1. The predicted molar refractivity (Wildman–Crippen MR) is 227 cm³/mol. The van der Waals surface area contributed by atoms with Gasteiger partial charge in [0.2, 0.25) is 0 Å². The van der Waals surface area contributed by atoms with E-state index in [1.165, 1.54) is 70.6 Å². The lowest BCUT2D eigenvalue weighted by molar-refractivity contribution is -0.873. The second-order valence-corrected chi connectivity index (χ2v) is 16.9. The molecule has 1 aliphatic rings. The van der Waals surface area contributed by atoms with Crippen molar-refractivity contribution in [3.8, 4) is 0 Å². The molecule has 7 nitrogen and oxygen atoms in total. The van der Waals surface area contributed by atoms with Gasteiger partial charge >= 0.3 is 19.3 Å². The van der Waals surface area contributed by atoms with Crippen molar-refractivity contribution in [3.05, 3.63) is 40.9 Å². The fraction of sp³-hybridized carbons (Fsp3) is 0.756. The second-order valence-electron chi connectivity index (χ2n) is 16.9. The average Bonchev–Trinajstić information content (AvgIpc) is 3.67. The maximum absolute atomic E-state index is 13.9. The molecule has 0 bridgehead atoms. The van der Waals surface area contributed by atoms with Crippen molar-refractivity contribution < 1.29 is 32.2 Å². The number of hydrogen-bond donors (Lipinski definition) is 0. The van der Waals surface area contributed by atoms with Crippen LogP contribution in [0.25, 0.3) is 6.08 Å². The summed E-state index contributed by atoms with van der Waals surface area (Å²) in [6.07, 6.45) is 30.4. The topological polar surface area (TPSA) is 69.9 Å². The third-order valence-corrected chi connectivity index (χ3v) is 10.4. The van der Waals surface area contributed by atoms with Crippen LogP contribution in [0.3, 0.4) is 0 Å². The molecule has 0 saturated carbocycles. The first-order valence-electron chi connectivity index (χ1n) is 22.0. The van der Waals surface area contributed by atoms with Crippen LogP contribution in [0.1, 0.15) is 186 Å². The van der Waals surface area contributed by atoms with Gasteiger partial charge in [-0.1, -0.05) is 129 Å². The quantitative estimate of drug-likeness (QED) is 0.0309. The summed E-state index contributed by atoms with van der Waals surface area (Å²) in [6.45, 7) is 6.82. The first-order valence-corrected chi connectivity index (χ1v) is 22.0. The number of likely N-dealkylation sites (N-methyl/N-ethyl adjacent to an activating group) is 1. The highest BCUT2D eigenvalue weighted by Crippen LogP contribution is 2.24. The normalized spacial score (nSPS) is 14.3. The summed E-state index contributed by atoms with van der Waals surface area (Å²) in [5, 5.41) is 0. The third-order valence-electron chi connectivity index (χ3n) is 10.4. The summed E-state index contributed by atoms with van der Waals surface area (Å²) < 4.78 is 41.0. The predicted octanol–water partition coefficient (Wildman–Crippen LogP) is 12.1. The Morgan fingerprint density at radius 3 is 1.71 bits per heavy atom. The smallest absolute Gasteiger partial charge is 0.461 e. The van der Waals surface area contributed by atoms with Gasteiger partial charge in [0.1, 0.15) is 13.2 Å². The summed E-state index contributed by atoms with van der Waals surface area (Å²) in [7, 11) is 3.56. The molecule has 1 aromatic heterocycles. The zero-order chi connectivity index (χ0) is 40.3. The van der Waals surface area contributed by atoms with Gasteiger partial charge in [-0.15, -0.1) is 0 Å². The van der Waals surface area contributed by atoms with Gasteiger partial charge in [-0.25, -0.2) is 0 Å². The number of esters is 2. The maximum atomic E-state index is 13.9. The largest absolute Gasteiger partial charge is 0.677 e. The third kappa shape index (κ3) is 23.2. The summed E-state index contributed by atoms with van der Waals surface area (Å²) in [5.41, 5.74) is 3.81. The van der Waals surface area contributed by atoms with E-state index in [1.54, 1.807) is 12.1 Å². The molecule has 0 amide bonds. The highest BCUT2D eigenvalue weighted by atomic mass is 19.2.